The number of allylic oxidation sites excluding steroid dienone is 1. The molecule has 1 heterocycles. The van der Waals surface area contributed by atoms with Crippen molar-refractivity contribution in [1.82, 2.24) is 0 Å². The van der Waals surface area contributed by atoms with E-state index in [9.17, 15) is 9.59 Å². The number of carbonyl (C=O) groups excluding carboxylic acids is 2. The maximum atomic E-state index is 13.5. The summed E-state index contributed by atoms with van der Waals surface area (Å²) in [6, 6.07) is 12.3. The monoisotopic (exact) mass is 442 g/mol. The number of unbranched alkanes of at least 4 members (excludes halogenated alkanes) is 1. The first-order valence-electron chi connectivity index (χ1n) is 10.4. The van der Waals surface area contributed by atoms with Gasteiger partial charge in [-0.2, -0.15) is 0 Å². The second-order valence-electron chi connectivity index (χ2n) is 7.72. The van der Waals surface area contributed by atoms with Gasteiger partial charge in [0.2, 0.25) is 5.91 Å². The third-order valence-electron chi connectivity index (χ3n) is 5.72. The maximum absolute atomic E-state index is 13.5. The largest absolute Gasteiger partial charge is 0.357 e. The average molecular weight is 443 g/mol. The van der Waals surface area contributed by atoms with Crippen LogP contribution in [0.5, 0.6) is 0 Å². The Bertz CT molecular complexity index is 1010. The number of amides is 1. The number of carbonyl (C=O) groups is 2. The van der Waals surface area contributed by atoms with Gasteiger partial charge in [-0.15, -0.1) is 0 Å². The van der Waals surface area contributed by atoms with E-state index in [1.54, 1.807) is 23.1 Å². The molecule has 1 aliphatic carbocycles. The summed E-state index contributed by atoms with van der Waals surface area (Å²) in [6.07, 6.45) is 4.04. The van der Waals surface area contributed by atoms with Crippen LogP contribution in [0.15, 0.2) is 53.7 Å². The number of hydrogen-bond donors (Lipinski definition) is 1. The fourth-order valence-corrected chi connectivity index (χ4v) is 4.91. The molecule has 1 atom stereocenters. The second kappa shape index (κ2) is 8.83. The van der Waals surface area contributed by atoms with Crippen LogP contribution in [-0.4, -0.2) is 11.7 Å². The van der Waals surface area contributed by atoms with E-state index in [1.807, 2.05) is 24.3 Å². The smallest absolute Gasteiger partial charge is 0.227 e. The highest BCUT2D eigenvalue weighted by molar-refractivity contribution is 6.36. The molecule has 0 fully saturated rings. The topological polar surface area (TPSA) is 49.4 Å². The van der Waals surface area contributed by atoms with E-state index in [0.717, 1.165) is 42.8 Å². The normalized spacial score (nSPS) is 18.4. The number of nitrogens with zero attached hydrogens (tertiary/aromatic N) is 1. The maximum Gasteiger partial charge on any atom is 0.227 e. The number of anilines is 2. The summed E-state index contributed by atoms with van der Waals surface area (Å²) in [6.45, 7) is 2.05. The zero-order valence-electron chi connectivity index (χ0n) is 16.9. The molecule has 2 aliphatic rings. The standard InChI is InChI=1S/C24H24Cl2N2O2/c1-2-3-14-21(30)28-19-12-5-4-10-17(19)27-18-11-7-13-20(29)23(18)24(28)22-15(25)8-6-9-16(22)26/h4-6,8-10,12,24,27H,2-3,7,11,13-14H2,1H3/t24-/m1/s1. The first-order chi connectivity index (χ1) is 14.5. The van der Waals surface area contributed by atoms with Gasteiger partial charge in [0, 0.05) is 39.7 Å². The SMILES string of the molecule is CCCCC(=O)N1c2ccccc2NC2=C(C(=O)CCC2)[C@H]1c1c(Cl)cccc1Cl. The van der Waals surface area contributed by atoms with Gasteiger partial charge >= 0.3 is 0 Å². The van der Waals surface area contributed by atoms with Gasteiger partial charge in [-0.05, 0) is 43.5 Å². The third-order valence-corrected chi connectivity index (χ3v) is 6.38. The summed E-state index contributed by atoms with van der Waals surface area (Å²) >= 11 is 13.2. The van der Waals surface area contributed by atoms with Crippen LogP contribution in [0, 0.1) is 0 Å². The first-order valence-corrected chi connectivity index (χ1v) is 11.2. The van der Waals surface area contributed by atoms with Gasteiger partial charge in [0.1, 0.15) is 0 Å². The number of para-hydroxylation sites is 2. The summed E-state index contributed by atoms with van der Waals surface area (Å²) in [5.41, 5.74) is 3.60. The fraction of sp³-hybridized carbons (Fsp3) is 0.333. The highest BCUT2D eigenvalue weighted by Gasteiger charge is 2.40. The van der Waals surface area contributed by atoms with Gasteiger partial charge in [0.05, 0.1) is 17.4 Å². The Labute approximate surface area is 186 Å². The Morgan fingerprint density at radius 2 is 1.83 bits per heavy atom. The molecule has 1 aliphatic heterocycles. The van der Waals surface area contributed by atoms with Gasteiger partial charge in [0.15, 0.2) is 5.78 Å². The number of hydrogen-bond acceptors (Lipinski definition) is 3. The molecule has 2 aromatic carbocycles. The van der Waals surface area contributed by atoms with Crippen molar-refractivity contribution in [3.8, 4) is 0 Å². The van der Waals surface area contributed by atoms with Gasteiger partial charge in [-0.25, -0.2) is 0 Å². The summed E-state index contributed by atoms with van der Waals surface area (Å²) in [4.78, 5) is 28.5. The van der Waals surface area contributed by atoms with Crippen LogP contribution in [0.2, 0.25) is 10.0 Å². The summed E-state index contributed by atoms with van der Waals surface area (Å²) in [5, 5.41) is 4.35. The Hall–Kier alpha value is -2.30. The predicted octanol–water partition coefficient (Wildman–Crippen LogP) is 6.69. The van der Waals surface area contributed by atoms with E-state index in [1.165, 1.54) is 0 Å². The predicted molar refractivity (Wildman–Crippen MR) is 122 cm³/mol. The highest BCUT2D eigenvalue weighted by Crippen LogP contribution is 2.48. The molecular weight excluding hydrogens is 419 g/mol. The van der Waals surface area contributed by atoms with Crippen molar-refractivity contribution in [1.29, 1.82) is 0 Å². The minimum atomic E-state index is -0.658. The van der Waals surface area contributed by atoms with Crippen LogP contribution in [-0.2, 0) is 9.59 Å². The fourth-order valence-electron chi connectivity index (χ4n) is 4.30. The molecule has 1 N–H and O–H groups in total. The molecule has 0 aromatic heterocycles. The Morgan fingerprint density at radius 1 is 1.10 bits per heavy atom. The van der Waals surface area contributed by atoms with Gasteiger partial charge in [-0.1, -0.05) is 54.7 Å². The molecule has 4 rings (SSSR count). The number of fused-ring (bicyclic) bond motifs is 1. The zero-order valence-corrected chi connectivity index (χ0v) is 18.4. The lowest BCUT2D eigenvalue weighted by Gasteiger charge is -2.35. The minimum Gasteiger partial charge on any atom is -0.357 e. The average Bonchev–Trinajstić information content (AvgIpc) is 2.87. The van der Waals surface area contributed by atoms with Crippen LogP contribution >= 0.6 is 23.2 Å². The Kier molecular flexibility index (Phi) is 6.16. The lowest BCUT2D eigenvalue weighted by Crippen LogP contribution is -2.38. The van der Waals surface area contributed by atoms with Crippen molar-refractivity contribution in [3.63, 3.8) is 0 Å². The van der Waals surface area contributed by atoms with Crippen LogP contribution in [0.1, 0.15) is 57.1 Å². The highest BCUT2D eigenvalue weighted by atomic mass is 35.5. The molecule has 6 heteroatoms. The molecule has 4 nitrogen and oxygen atoms in total. The van der Waals surface area contributed by atoms with Crippen LogP contribution in [0.4, 0.5) is 11.4 Å². The van der Waals surface area contributed by atoms with Crippen molar-refractivity contribution >= 4 is 46.3 Å². The molecule has 0 unspecified atom stereocenters. The van der Waals surface area contributed by atoms with Crippen LogP contribution < -0.4 is 10.2 Å². The number of Topliss-reactive ketones (excluding diaryl/α,β-unsaturated/α-hetero) is 1. The number of nitrogens with one attached hydrogen (secondary N) is 1. The lowest BCUT2D eigenvalue weighted by molar-refractivity contribution is -0.119. The van der Waals surface area contributed by atoms with Crippen molar-refractivity contribution in [2.75, 3.05) is 10.2 Å². The van der Waals surface area contributed by atoms with E-state index in [4.69, 9.17) is 23.2 Å². The van der Waals surface area contributed by atoms with Gasteiger partial charge < -0.3 is 5.32 Å². The molecule has 2 aromatic rings. The van der Waals surface area contributed by atoms with Gasteiger partial charge in [0.25, 0.3) is 0 Å². The number of rotatable bonds is 4. The molecular formula is C24H24Cl2N2O2. The number of benzene rings is 2. The van der Waals surface area contributed by atoms with Crippen molar-refractivity contribution in [2.24, 2.45) is 0 Å². The van der Waals surface area contributed by atoms with E-state index < -0.39 is 6.04 Å². The number of ketones is 1. The van der Waals surface area contributed by atoms with Crippen LogP contribution in [0.25, 0.3) is 0 Å². The molecule has 0 saturated carbocycles. The molecule has 1 amide bonds. The van der Waals surface area contributed by atoms with E-state index in [0.29, 0.717) is 34.0 Å². The Balaban J connectivity index is 2.01. The van der Waals surface area contributed by atoms with E-state index in [-0.39, 0.29) is 11.7 Å². The summed E-state index contributed by atoms with van der Waals surface area (Å²) in [5.74, 6) is -0.00922. The lowest BCUT2D eigenvalue weighted by atomic mass is 9.85. The van der Waals surface area contributed by atoms with Crippen molar-refractivity contribution in [2.45, 2.75) is 51.5 Å². The van der Waals surface area contributed by atoms with Crippen LogP contribution in [0.3, 0.4) is 0 Å². The van der Waals surface area contributed by atoms with E-state index >= 15 is 0 Å². The van der Waals surface area contributed by atoms with Crippen molar-refractivity contribution < 1.29 is 9.59 Å². The third kappa shape index (κ3) is 3.75. The summed E-state index contributed by atoms with van der Waals surface area (Å²) < 4.78 is 0. The second-order valence-corrected chi connectivity index (χ2v) is 8.53. The van der Waals surface area contributed by atoms with Crippen molar-refractivity contribution in [3.05, 3.63) is 69.3 Å². The number of halogens is 2. The molecule has 0 bridgehead atoms. The minimum absolute atomic E-state index is 0.0332. The molecule has 30 heavy (non-hydrogen) atoms. The first kappa shape index (κ1) is 21.0. The zero-order chi connectivity index (χ0) is 21.3. The molecule has 0 radical (unpaired) electrons. The van der Waals surface area contributed by atoms with Gasteiger partial charge in [-0.3, -0.25) is 14.5 Å². The van der Waals surface area contributed by atoms with E-state index in [2.05, 4.69) is 12.2 Å². The molecule has 0 saturated heterocycles. The summed E-state index contributed by atoms with van der Waals surface area (Å²) in [7, 11) is 0. The Morgan fingerprint density at radius 3 is 2.57 bits per heavy atom. The molecule has 0 spiro atoms. The molecule has 156 valence electrons. The quantitative estimate of drug-likeness (QED) is 0.573.